The van der Waals surface area contributed by atoms with E-state index < -0.39 is 0 Å². The number of hydrogen-bond donors (Lipinski definition) is 2. The van der Waals surface area contributed by atoms with E-state index in [1.165, 1.54) is 0 Å². The van der Waals surface area contributed by atoms with Crippen LogP contribution >= 0.6 is 11.8 Å². The van der Waals surface area contributed by atoms with Crippen LogP contribution in [0, 0.1) is 5.92 Å². The summed E-state index contributed by atoms with van der Waals surface area (Å²) in [4.78, 5) is 15.5. The molecule has 1 fully saturated rings. The highest BCUT2D eigenvalue weighted by Gasteiger charge is 2.18. The zero-order valence-corrected chi connectivity index (χ0v) is 13.4. The molecular formula is C16H24N2O2S. The number of thioether (sulfide) groups is 1. The van der Waals surface area contributed by atoms with E-state index in [1.54, 1.807) is 11.8 Å². The van der Waals surface area contributed by atoms with Crippen molar-refractivity contribution in [2.45, 2.75) is 24.2 Å². The average molecular weight is 308 g/mol. The summed E-state index contributed by atoms with van der Waals surface area (Å²) in [5.74, 6) is 0.518. The number of piperidine rings is 1. The Morgan fingerprint density at radius 2 is 2.10 bits per heavy atom. The number of nitrogens with one attached hydrogen (secondary N) is 1. The summed E-state index contributed by atoms with van der Waals surface area (Å²) >= 11 is 1.64. The normalized spacial score (nSPS) is 16.9. The Hall–Kier alpha value is -1.04. The fraction of sp³-hybridized carbons (Fsp3) is 0.562. The molecule has 21 heavy (non-hydrogen) atoms. The molecule has 1 heterocycles. The molecule has 0 spiro atoms. The molecule has 1 aliphatic heterocycles. The van der Waals surface area contributed by atoms with Crippen LogP contribution in [0.15, 0.2) is 29.2 Å². The van der Waals surface area contributed by atoms with Gasteiger partial charge in [0.15, 0.2) is 0 Å². The van der Waals surface area contributed by atoms with Crippen molar-refractivity contribution in [3.05, 3.63) is 24.3 Å². The van der Waals surface area contributed by atoms with Gasteiger partial charge in [-0.25, -0.2) is 0 Å². The fourth-order valence-electron chi connectivity index (χ4n) is 2.61. The minimum atomic E-state index is 0.0702. The van der Waals surface area contributed by atoms with E-state index in [9.17, 15) is 4.79 Å². The predicted molar refractivity (Wildman–Crippen MR) is 87.7 cm³/mol. The smallest absolute Gasteiger partial charge is 0.225 e. The molecule has 0 aliphatic carbocycles. The number of aliphatic hydroxyl groups is 1. The van der Waals surface area contributed by atoms with Crippen LogP contribution in [0.3, 0.4) is 0 Å². The quantitative estimate of drug-likeness (QED) is 0.793. The number of rotatable bonds is 6. The molecule has 1 amide bonds. The van der Waals surface area contributed by atoms with Gasteiger partial charge in [-0.2, -0.15) is 0 Å². The topological polar surface area (TPSA) is 52.6 Å². The monoisotopic (exact) mass is 308 g/mol. The third-order valence-electron chi connectivity index (χ3n) is 4.00. The number of carbonyl (C=O) groups is 1. The van der Waals surface area contributed by atoms with Crippen molar-refractivity contribution in [1.29, 1.82) is 0 Å². The molecule has 0 aromatic heterocycles. The van der Waals surface area contributed by atoms with Crippen LogP contribution in [0.5, 0.6) is 0 Å². The van der Waals surface area contributed by atoms with Gasteiger partial charge in [0.1, 0.15) is 0 Å². The Kier molecular flexibility index (Phi) is 6.54. The number of carbonyl (C=O) groups excluding carboxylic acids is 1. The second-order valence-corrected chi connectivity index (χ2v) is 6.31. The van der Waals surface area contributed by atoms with Gasteiger partial charge in [0.05, 0.1) is 5.69 Å². The molecule has 0 saturated carbocycles. The SMILES string of the molecule is CSc1ccccc1NC(=O)CCN1CCC(CO)CC1. The lowest BCUT2D eigenvalue weighted by Crippen LogP contribution is -2.36. The Morgan fingerprint density at radius 3 is 2.76 bits per heavy atom. The van der Waals surface area contributed by atoms with Gasteiger partial charge in [-0.3, -0.25) is 4.79 Å². The Balaban J connectivity index is 1.75. The zero-order valence-electron chi connectivity index (χ0n) is 12.5. The molecule has 1 aliphatic rings. The highest BCUT2D eigenvalue weighted by atomic mass is 32.2. The van der Waals surface area contributed by atoms with Gasteiger partial charge in [0.25, 0.3) is 0 Å². The molecule has 116 valence electrons. The number of hydrogen-bond acceptors (Lipinski definition) is 4. The van der Waals surface area contributed by atoms with E-state index in [0.29, 0.717) is 18.9 Å². The van der Waals surface area contributed by atoms with Gasteiger partial charge in [-0.15, -0.1) is 11.8 Å². The maximum Gasteiger partial charge on any atom is 0.225 e. The molecule has 2 N–H and O–H groups in total. The van der Waals surface area contributed by atoms with Crippen LogP contribution < -0.4 is 5.32 Å². The van der Waals surface area contributed by atoms with E-state index in [4.69, 9.17) is 5.11 Å². The molecule has 4 nitrogen and oxygen atoms in total. The lowest BCUT2D eigenvalue weighted by atomic mass is 9.98. The molecular weight excluding hydrogens is 284 g/mol. The van der Waals surface area contributed by atoms with Crippen LogP contribution in [-0.4, -0.2) is 48.4 Å². The second-order valence-electron chi connectivity index (χ2n) is 5.47. The summed E-state index contributed by atoms with van der Waals surface area (Å²) in [5.41, 5.74) is 0.897. The molecule has 1 aromatic rings. The van der Waals surface area contributed by atoms with Crippen molar-refractivity contribution in [1.82, 2.24) is 4.90 Å². The molecule has 5 heteroatoms. The summed E-state index contributed by atoms with van der Waals surface area (Å²) < 4.78 is 0. The number of likely N-dealkylation sites (tertiary alicyclic amines) is 1. The summed E-state index contributed by atoms with van der Waals surface area (Å²) in [6, 6.07) is 7.87. The first kappa shape index (κ1) is 16.3. The molecule has 1 saturated heterocycles. The van der Waals surface area contributed by atoms with Crippen molar-refractivity contribution in [3.8, 4) is 0 Å². The average Bonchev–Trinajstić information content (AvgIpc) is 2.54. The minimum Gasteiger partial charge on any atom is -0.396 e. The van der Waals surface area contributed by atoms with Crippen LogP contribution in [0.1, 0.15) is 19.3 Å². The number of anilines is 1. The highest BCUT2D eigenvalue weighted by molar-refractivity contribution is 7.98. The van der Waals surface area contributed by atoms with Crippen LogP contribution in [-0.2, 0) is 4.79 Å². The van der Waals surface area contributed by atoms with Gasteiger partial charge < -0.3 is 15.3 Å². The molecule has 0 radical (unpaired) electrons. The van der Waals surface area contributed by atoms with Crippen molar-refractivity contribution in [3.63, 3.8) is 0 Å². The number of nitrogens with zero attached hydrogens (tertiary/aromatic N) is 1. The van der Waals surface area contributed by atoms with Gasteiger partial charge in [0.2, 0.25) is 5.91 Å². The van der Waals surface area contributed by atoms with Crippen molar-refractivity contribution in [2.24, 2.45) is 5.92 Å². The van der Waals surface area contributed by atoms with Crippen LogP contribution in [0.25, 0.3) is 0 Å². The summed E-state index contributed by atoms with van der Waals surface area (Å²) in [5, 5.41) is 12.1. The van der Waals surface area contributed by atoms with E-state index >= 15 is 0 Å². The van der Waals surface area contributed by atoms with Gasteiger partial charge >= 0.3 is 0 Å². The van der Waals surface area contributed by atoms with Crippen molar-refractivity contribution < 1.29 is 9.90 Å². The number of amides is 1. The lowest BCUT2D eigenvalue weighted by Gasteiger charge is -2.30. The maximum absolute atomic E-state index is 12.1. The molecule has 2 rings (SSSR count). The third-order valence-corrected chi connectivity index (χ3v) is 4.80. The van der Waals surface area contributed by atoms with Gasteiger partial charge in [-0.05, 0) is 50.2 Å². The minimum absolute atomic E-state index is 0.0702. The van der Waals surface area contributed by atoms with E-state index in [-0.39, 0.29) is 5.91 Å². The van der Waals surface area contributed by atoms with E-state index in [0.717, 1.165) is 43.1 Å². The summed E-state index contributed by atoms with van der Waals surface area (Å²) in [6.45, 7) is 3.06. The molecule has 0 bridgehead atoms. The van der Waals surface area contributed by atoms with Crippen LogP contribution in [0.2, 0.25) is 0 Å². The molecule has 0 unspecified atom stereocenters. The number of benzene rings is 1. The fourth-order valence-corrected chi connectivity index (χ4v) is 3.17. The first-order valence-electron chi connectivity index (χ1n) is 7.49. The third kappa shape index (κ3) is 5.02. The van der Waals surface area contributed by atoms with Crippen molar-refractivity contribution >= 4 is 23.4 Å². The lowest BCUT2D eigenvalue weighted by molar-refractivity contribution is -0.116. The highest BCUT2D eigenvalue weighted by Crippen LogP contribution is 2.24. The summed E-state index contributed by atoms with van der Waals surface area (Å²) in [7, 11) is 0. The zero-order chi connectivity index (χ0) is 15.1. The largest absolute Gasteiger partial charge is 0.396 e. The van der Waals surface area contributed by atoms with E-state index in [1.807, 2.05) is 30.5 Å². The molecule has 1 aromatic carbocycles. The standard InChI is InChI=1S/C16H24N2O2S/c1-21-15-5-3-2-4-14(15)17-16(20)8-11-18-9-6-13(12-19)7-10-18/h2-5,13,19H,6-12H2,1H3,(H,17,20). The Bertz CT molecular complexity index is 459. The van der Waals surface area contributed by atoms with Gasteiger partial charge in [0, 0.05) is 24.5 Å². The first-order chi connectivity index (χ1) is 10.2. The number of aliphatic hydroxyl groups excluding tert-OH is 1. The predicted octanol–water partition coefficient (Wildman–Crippen LogP) is 2.44. The summed E-state index contributed by atoms with van der Waals surface area (Å²) in [6.07, 6.45) is 4.60. The second kappa shape index (κ2) is 8.41. The molecule has 0 atom stereocenters. The first-order valence-corrected chi connectivity index (χ1v) is 8.71. The van der Waals surface area contributed by atoms with E-state index in [2.05, 4.69) is 10.2 Å². The Morgan fingerprint density at radius 1 is 1.38 bits per heavy atom. The maximum atomic E-state index is 12.1. The van der Waals surface area contributed by atoms with Gasteiger partial charge in [-0.1, -0.05) is 12.1 Å². The van der Waals surface area contributed by atoms with Crippen LogP contribution in [0.4, 0.5) is 5.69 Å². The number of para-hydroxylation sites is 1. The van der Waals surface area contributed by atoms with Crippen molar-refractivity contribution in [2.75, 3.05) is 37.8 Å². The Labute approximate surface area is 130 Å².